The van der Waals surface area contributed by atoms with E-state index >= 15 is 0 Å². The van der Waals surface area contributed by atoms with Crippen LogP contribution >= 0.6 is 11.6 Å². The lowest BCUT2D eigenvalue weighted by Crippen LogP contribution is -2.50. The number of carbonyl (C=O) groups excluding carboxylic acids is 1. The predicted molar refractivity (Wildman–Crippen MR) is 105 cm³/mol. The minimum absolute atomic E-state index is 0.121. The largest absolute Gasteiger partial charge is 0.443 e. The molecule has 8 heteroatoms. The fourth-order valence-corrected chi connectivity index (χ4v) is 2.98. The number of furan rings is 1. The Labute approximate surface area is 168 Å². The summed E-state index contributed by atoms with van der Waals surface area (Å²) in [6.45, 7) is 6.04. The summed E-state index contributed by atoms with van der Waals surface area (Å²) in [6.07, 6.45) is 0.0943. The van der Waals surface area contributed by atoms with E-state index in [2.05, 4.69) is 10.5 Å². The lowest BCUT2D eigenvalue weighted by Gasteiger charge is -2.29. The summed E-state index contributed by atoms with van der Waals surface area (Å²) in [5, 5.41) is 7.23. The second kappa shape index (κ2) is 8.22. The number of carbonyl (C=O) groups is 1. The van der Waals surface area contributed by atoms with Crippen LogP contribution in [0.2, 0.25) is 5.22 Å². The van der Waals surface area contributed by atoms with Crippen molar-refractivity contribution < 1.29 is 18.4 Å². The van der Waals surface area contributed by atoms with Crippen LogP contribution in [0.5, 0.6) is 0 Å². The fourth-order valence-electron chi connectivity index (χ4n) is 2.84. The van der Waals surface area contributed by atoms with E-state index in [1.54, 1.807) is 30.3 Å². The molecule has 1 aromatic heterocycles. The first kappa shape index (κ1) is 20.2. The van der Waals surface area contributed by atoms with Crippen LogP contribution in [0.3, 0.4) is 0 Å². The maximum Gasteiger partial charge on any atom is 0.318 e. The van der Waals surface area contributed by atoms with Crippen molar-refractivity contribution in [2.45, 2.75) is 45.4 Å². The molecule has 0 unspecified atom stereocenters. The topological polar surface area (TPSA) is 67.1 Å². The zero-order chi connectivity index (χ0) is 20.3. The van der Waals surface area contributed by atoms with Gasteiger partial charge >= 0.3 is 6.03 Å². The van der Waals surface area contributed by atoms with Crippen LogP contribution in [0, 0.1) is 5.82 Å². The molecule has 2 heterocycles. The maximum atomic E-state index is 14.1. The third kappa shape index (κ3) is 5.25. The van der Waals surface area contributed by atoms with Gasteiger partial charge < -0.3 is 19.5 Å². The number of urea groups is 1. The van der Waals surface area contributed by atoms with Crippen LogP contribution in [0.4, 0.5) is 9.18 Å². The summed E-state index contributed by atoms with van der Waals surface area (Å²) in [7, 11) is 0. The molecule has 0 radical (unpaired) electrons. The Bertz CT molecular complexity index is 876. The van der Waals surface area contributed by atoms with Crippen LogP contribution in [0.15, 0.2) is 46.0 Å². The summed E-state index contributed by atoms with van der Waals surface area (Å²) in [5.41, 5.74) is 0.635. The Hall–Kier alpha value is -2.54. The Balaban J connectivity index is 1.70. The lowest BCUT2D eigenvalue weighted by atomic mass is 10.1. The number of rotatable bonds is 5. The molecule has 0 spiro atoms. The van der Waals surface area contributed by atoms with Gasteiger partial charge in [0.1, 0.15) is 11.5 Å². The van der Waals surface area contributed by atoms with Crippen molar-refractivity contribution in [1.82, 2.24) is 10.2 Å². The molecule has 2 amide bonds. The van der Waals surface area contributed by atoms with Gasteiger partial charge in [-0.25, -0.2) is 9.18 Å². The number of halogens is 2. The van der Waals surface area contributed by atoms with Gasteiger partial charge in [-0.05, 0) is 50.6 Å². The quantitative estimate of drug-likeness (QED) is 0.789. The molecule has 0 saturated carbocycles. The van der Waals surface area contributed by atoms with Gasteiger partial charge in [-0.15, -0.1) is 0 Å². The summed E-state index contributed by atoms with van der Waals surface area (Å²) in [4.78, 5) is 19.8. The van der Waals surface area contributed by atoms with Gasteiger partial charge in [-0.3, -0.25) is 0 Å². The standard InChI is InChI=1S/C20H23ClFN3O3/c1-20(2,3)23-19(26)25(11-13-6-4-5-7-15(13)22)12-14-10-16(24-28-14)17-8-9-18(21)27-17/h4-9,14H,10-12H2,1-3H3,(H,23,26)/t14-/m1/s1. The zero-order valence-electron chi connectivity index (χ0n) is 16.0. The number of nitrogens with zero attached hydrogens (tertiary/aromatic N) is 2. The molecule has 0 fully saturated rings. The van der Waals surface area contributed by atoms with Crippen LogP contribution in [0.25, 0.3) is 0 Å². The van der Waals surface area contributed by atoms with Crippen molar-refractivity contribution in [3.63, 3.8) is 0 Å². The van der Waals surface area contributed by atoms with E-state index in [-0.39, 0.29) is 36.3 Å². The van der Waals surface area contributed by atoms with Crippen molar-refractivity contribution >= 4 is 23.3 Å². The summed E-state index contributed by atoms with van der Waals surface area (Å²) < 4.78 is 19.5. The van der Waals surface area contributed by atoms with Gasteiger partial charge in [-0.1, -0.05) is 23.4 Å². The highest BCUT2D eigenvalue weighted by molar-refractivity contribution is 6.29. The van der Waals surface area contributed by atoms with Crippen molar-refractivity contribution in [2.24, 2.45) is 5.16 Å². The molecular formula is C20H23ClFN3O3. The van der Waals surface area contributed by atoms with Crippen molar-refractivity contribution in [2.75, 3.05) is 6.54 Å². The van der Waals surface area contributed by atoms with Crippen LogP contribution < -0.4 is 5.32 Å². The third-order valence-corrected chi connectivity index (χ3v) is 4.31. The number of hydrogen-bond acceptors (Lipinski definition) is 4. The van der Waals surface area contributed by atoms with E-state index in [1.165, 1.54) is 11.0 Å². The SMILES string of the molecule is CC(C)(C)NC(=O)N(Cc1ccccc1F)C[C@H]1CC(c2ccc(Cl)o2)=NO1. The fraction of sp³-hybridized carbons (Fsp3) is 0.400. The van der Waals surface area contributed by atoms with Gasteiger partial charge in [0.05, 0.1) is 13.1 Å². The molecule has 150 valence electrons. The smallest absolute Gasteiger partial charge is 0.318 e. The molecule has 0 bridgehead atoms. The maximum absolute atomic E-state index is 14.1. The van der Waals surface area contributed by atoms with Crippen LogP contribution in [-0.2, 0) is 11.4 Å². The number of hydrogen-bond donors (Lipinski definition) is 1. The highest BCUT2D eigenvalue weighted by Gasteiger charge is 2.29. The molecule has 28 heavy (non-hydrogen) atoms. The molecule has 1 atom stereocenters. The lowest BCUT2D eigenvalue weighted by molar-refractivity contribution is 0.0578. The molecule has 1 aliphatic heterocycles. The van der Waals surface area contributed by atoms with Gasteiger partial charge in [0.25, 0.3) is 0 Å². The first-order valence-electron chi connectivity index (χ1n) is 9.00. The molecule has 2 aromatic rings. The van der Waals surface area contributed by atoms with Crippen LogP contribution in [0.1, 0.15) is 38.5 Å². The molecule has 0 saturated heterocycles. The minimum atomic E-state index is -0.423. The average molecular weight is 408 g/mol. The Morgan fingerprint density at radius 2 is 2.07 bits per heavy atom. The number of oxime groups is 1. The Kier molecular flexibility index (Phi) is 5.93. The zero-order valence-corrected chi connectivity index (χ0v) is 16.8. The van der Waals surface area contributed by atoms with E-state index in [0.717, 1.165) is 0 Å². The molecule has 1 N–H and O–H groups in total. The first-order chi connectivity index (χ1) is 13.2. The summed E-state index contributed by atoms with van der Waals surface area (Å²) >= 11 is 5.81. The minimum Gasteiger partial charge on any atom is -0.443 e. The van der Waals surface area contributed by atoms with E-state index < -0.39 is 5.54 Å². The second-order valence-electron chi connectivity index (χ2n) is 7.73. The van der Waals surface area contributed by atoms with Gasteiger partial charge in [0.2, 0.25) is 0 Å². The third-order valence-electron chi connectivity index (χ3n) is 4.10. The molecular weight excluding hydrogens is 385 g/mol. The highest BCUT2D eigenvalue weighted by Crippen LogP contribution is 2.22. The molecule has 3 rings (SSSR count). The normalized spacial score (nSPS) is 16.5. The summed E-state index contributed by atoms with van der Waals surface area (Å²) in [5.74, 6) is 0.179. The van der Waals surface area contributed by atoms with Gasteiger partial charge in [0.15, 0.2) is 17.1 Å². The number of amides is 2. The van der Waals surface area contributed by atoms with Crippen molar-refractivity contribution in [3.8, 4) is 0 Å². The van der Waals surface area contributed by atoms with Crippen molar-refractivity contribution in [3.05, 3.63) is 58.8 Å². The molecule has 6 nitrogen and oxygen atoms in total. The predicted octanol–water partition coefficient (Wildman–Crippen LogP) is 4.58. The monoisotopic (exact) mass is 407 g/mol. The highest BCUT2D eigenvalue weighted by atomic mass is 35.5. The second-order valence-corrected chi connectivity index (χ2v) is 8.10. The van der Waals surface area contributed by atoms with E-state index in [9.17, 15) is 9.18 Å². The average Bonchev–Trinajstić information content (AvgIpc) is 3.23. The van der Waals surface area contributed by atoms with Crippen LogP contribution in [-0.4, -0.2) is 34.8 Å². The van der Waals surface area contributed by atoms with Crippen molar-refractivity contribution in [1.29, 1.82) is 0 Å². The molecule has 0 aliphatic carbocycles. The molecule has 1 aliphatic rings. The van der Waals surface area contributed by atoms with E-state index in [1.807, 2.05) is 20.8 Å². The number of benzene rings is 1. The van der Waals surface area contributed by atoms with E-state index in [0.29, 0.717) is 23.5 Å². The Morgan fingerprint density at radius 3 is 2.71 bits per heavy atom. The van der Waals surface area contributed by atoms with Gasteiger partial charge in [-0.2, -0.15) is 0 Å². The van der Waals surface area contributed by atoms with E-state index in [4.69, 9.17) is 20.9 Å². The first-order valence-corrected chi connectivity index (χ1v) is 9.38. The summed E-state index contributed by atoms with van der Waals surface area (Å²) in [6, 6.07) is 9.45. The van der Waals surface area contributed by atoms with Gasteiger partial charge in [0, 0.05) is 17.5 Å². The Morgan fingerprint density at radius 1 is 1.32 bits per heavy atom. The molecule has 1 aromatic carbocycles. The number of nitrogens with one attached hydrogen (secondary N) is 1.